The molecule has 2 aromatic heterocycles. The Balaban J connectivity index is 2.31. The third kappa shape index (κ3) is 2.74. The van der Waals surface area contributed by atoms with Gasteiger partial charge >= 0.3 is 0 Å². The molecule has 4 nitrogen and oxygen atoms in total. The summed E-state index contributed by atoms with van der Waals surface area (Å²) >= 11 is 3.21. The van der Waals surface area contributed by atoms with Gasteiger partial charge in [0.25, 0.3) is 5.56 Å². The Morgan fingerprint density at radius 3 is 2.94 bits per heavy atom. The van der Waals surface area contributed by atoms with Gasteiger partial charge in [-0.2, -0.15) is 0 Å². The minimum Gasteiger partial charge on any atom is -0.481 e. The lowest BCUT2D eigenvalue weighted by Crippen LogP contribution is -2.20. The molecular formula is C12H11BrN2O2. The first-order valence-corrected chi connectivity index (χ1v) is 5.85. The molecule has 0 spiro atoms. The van der Waals surface area contributed by atoms with E-state index in [1.54, 1.807) is 30.0 Å². The van der Waals surface area contributed by atoms with E-state index >= 15 is 0 Å². The molecule has 0 aliphatic heterocycles. The second kappa shape index (κ2) is 5.14. The lowest BCUT2D eigenvalue weighted by atomic mass is 10.3. The monoisotopic (exact) mass is 294 g/mol. The molecule has 0 aliphatic rings. The molecule has 0 aromatic carbocycles. The molecule has 5 heteroatoms. The number of halogens is 1. The van der Waals surface area contributed by atoms with Gasteiger partial charge in [-0.15, -0.1) is 0 Å². The highest BCUT2D eigenvalue weighted by Gasteiger charge is 2.02. The molecule has 0 saturated heterocycles. The predicted molar refractivity (Wildman–Crippen MR) is 68.3 cm³/mol. The van der Waals surface area contributed by atoms with Gasteiger partial charge in [0.2, 0.25) is 5.88 Å². The van der Waals surface area contributed by atoms with Gasteiger partial charge < -0.3 is 9.30 Å². The summed E-state index contributed by atoms with van der Waals surface area (Å²) in [7, 11) is 1.57. The number of aromatic nitrogens is 2. The number of methoxy groups -OCH3 is 1. The van der Waals surface area contributed by atoms with Crippen molar-refractivity contribution < 1.29 is 4.74 Å². The molecule has 0 amide bonds. The van der Waals surface area contributed by atoms with Crippen molar-refractivity contribution in [2.75, 3.05) is 7.11 Å². The molecule has 0 bridgehead atoms. The molecule has 88 valence electrons. The number of rotatable bonds is 3. The summed E-state index contributed by atoms with van der Waals surface area (Å²) in [6.45, 7) is 0.426. The van der Waals surface area contributed by atoms with Gasteiger partial charge in [0.1, 0.15) is 0 Å². The average Bonchev–Trinajstić information content (AvgIpc) is 2.35. The number of hydrogen-bond donors (Lipinski definition) is 0. The molecule has 0 fully saturated rings. The first-order chi connectivity index (χ1) is 8.20. The minimum absolute atomic E-state index is 0.0721. The Bertz CT molecular complexity index is 581. The third-order valence-corrected chi connectivity index (χ3v) is 2.90. The zero-order valence-corrected chi connectivity index (χ0v) is 10.8. The van der Waals surface area contributed by atoms with E-state index in [-0.39, 0.29) is 5.56 Å². The molecule has 0 saturated carbocycles. The summed E-state index contributed by atoms with van der Waals surface area (Å²) in [4.78, 5) is 16.0. The summed E-state index contributed by atoms with van der Waals surface area (Å²) < 4.78 is 7.17. The number of nitrogens with zero attached hydrogens (tertiary/aromatic N) is 2. The fraction of sp³-hybridized carbons (Fsp3) is 0.167. The lowest BCUT2D eigenvalue weighted by molar-refractivity contribution is 0.396. The van der Waals surface area contributed by atoms with Crippen LogP contribution in [-0.4, -0.2) is 16.7 Å². The third-order valence-electron chi connectivity index (χ3n) is 2.30. The van der Waals surface area contributed by atoms with Crippen LogP contribution in [0.3, 0.4) is 0 Å². The maximum absolute atomic E-state index is 11.8. The van der Waals surface area contributed by atoms with Crippen LogP contribution in [0.1, 0.15) is 5.69 Å². The number of pyridine rings is 2. The molecular weight excluding hydrogens is 284 g/mol. The van der Waals surface area contributed by atoms with Gasteiger partial charge in [-0.3, -0.25) is 4.79 Å². The zero-order chi connectivity index (χ0) is 12.3. The molecule has 2 rings (SSSR count). The van der Waals surface area contributed by atoms with Crippen LogP contribution in [0.4, 0.5) is 0 Å². The van der Waals surface area contributed by atoms with Crippen molar-refractivity contribution in [3.8, 4) is 5.88 Å². The number of hydrogen-bond acceptors (Lipinski definition) is 3. The van der Waals surface area contributed by atoms with Crippen LogP contribution in [0, 0.1) is 0 Å². The molecule has 2 heterocycles. The molecule has 0 aliphatic carbocycles. The van der Waals surface area contributed by atoms with Crippen LogP contribution in [0.2, 0.25) is 0 Å². The van der Waals surface area contributed by atoms with E-state index in [0.29, 0.717) is 16.9 Å². The van der Waals surface area contributed by atoms with E-state index in [0.717, 1.165) is 5.69 Å². The van der Waals surface area contributed by atoms with E-state index in [1.165, 1.54) is 0 Å². The van der Waals surface area contributed by atoms with Crippen LogP contribution < -0.4 is 10.3 Å². The molecule has 17 heavy (non-hydrogen) atoms. The first-order valence-electron chi connectivity index (χ1n) is 5.05. The molecule has 0 unspecified atom stereocenters. The lowest BCUT2D eigenvalue weighted by Gasteiger charge is -2.06. The van der Waals surface area contributed by atoms with Gasteiger partial charge in [0.15, 0.2) is 0 Å². The maximum atomic E-state index is 11.8. The Kier molecular flexibility index (Phi) is 3.58. The van der Waals surface area contributed by atoms with E-state index in [1.807, 2.05) is 18.2 Å². The second-order valence-corrected chi connectivity index (χ2v) is 4.31. The van der Waals surface area contributed by atoms with E-state index in [9.17, 15) is 4.79 Å². The van der Waals surface area contributed by atoms with E-state index in [4.69, 9.17) is 4.74 Å². The van der Waals surface area contributed by atoms with Crippen molar-refractivity contribution in [3.63, 3.8) is 0 Å². The zero-order valence-electron chi connectivity index (χ0n) is 9.26. The predicted octanol–water partition coefficient (Wildman–Crippen LogP) is 2.06. The van der Waals surface area contributed by atoms with Gasteiger partial charge in [-0.1, -0.05) is 6.07 Å². The van der Waals surface area contributed by atoms with Crippen molar-refractivity contribution in [2.24, 2.45) is 0 Å². The SMILES string of the molecule is COc1cccc(Cn2cccc(Br)c2=O)n1. The quantitative estimate of drug-likeness (QED) is 0.870. The van der Waals surface area contributed by atoms with Crippen molar-refractivity contribution in [2.45, 2.75) is 6.54 Å². The Morgan fingerprint density at radius 1 is 1.35 bits per heavy atom. The van der Waals surface area contributed by atoms with E-state index < -0.39 is 0 Å². The average molecular weight is 295 g/mol. The van der Waals surface area contributed by atoms with Crippen molar-refractivity contribution in [3.05, 3.63) is 57.0 Å². The van der Waals surface area contributed by atoms with Crippen LogP contribution >= 0.6 is 15.9 Å². The second-order valence-electron chi connectivity index (χ2n) is 3.46. The molecule has 0 atom stereocenters. The fourth-order valence-corrected chi connectivity index (χ4v) is 1.85. The van der Waals surface area contributed by atoms with Gasteiger partial charge in [-0.05, 0) is 34.1 Å². The Hall–Kier alpha value is -1.62. The Labute approximate surface area is 107 Å². The summed E-state index contributed by atoms with van der Waals surface area (Å²) in [6, 6.07) is 9.01. The van der Waals surface area contributed by atoms with Gasteiger partial charge in [-0.25, -0.2) is 4.98 Å². The minimum atomic E-state index is -0.0721. The Morgan fingerprint density at radius 2 is 2.18 bits per heavy atom. The van der Waals surface area contributed by atoms with Crippen molar-refractivity contribution in [1.82, 2.24) is 9.55 Å². The fourth-order valence-electron chi connectivity index (χ4n) is 1.47. The van der Waals surface area contributed by atoms with Crippen LogP contribution in [-0.2, 0) is 6.54 Å². The first kappa shape index (κ1) is 11.9. The largest absolute Gasteiger partial charge is 0.481 e. The number of ether oxygens (including phenoxy) is 1. The molecule has 0 radical (unpaired) electrons. The van der Waals surface area contributed by atoms with Crippen molar-refractivity contribution >= 4 is 15.9 Å². The summed E-state index contributed by atoms with van der Waals surface area (Å²) in [5, 5.41) is 0. The molecule has 0 N–H and O–H groups in total. The topological polar surface area (TPSA) is 44.1 Å². The van der Waals surface area contributed by atoms with E-state index in [2.05, 4.69) is 20.9 Å². The highest BCUT2D eigenvalue weighted by atomic mass is 79.9. The summed E-state index contributed by atoms with van der Waals surface area (Å²) in [5.41, 5.74) is 0.710. The van der Waals surface area contributed by atoms with Gasteiger partial charge in [0, 0.05) is 12.3 Å². The maximum Gasteiger partial charge on any atom is 0.265 e. The smallest absolute Gasteiger partial charge is 0.265 e. The van der Waals surface area contributed by atoms with Crippen LogP contribution in [0.5, 0.6) is 5.88 Å². The van der Waals surface area contributed by atoms with Crippen LogP contribution in [0.15, 0.2) is 45.8 Å². The van der Waals surface area contributed by atoms with Gasteiger partial charge in [0.05, 0.1) is 23.8 Å². The van der Waals surface area contributed by atoms with Crippen LogP contribution in [0.25, 0.3) is 0 Å². The highest BCUT2D eigenvalue weighted by molar-refractivity contribution is 9.10. The normalized spacial score (nSPS) is 10.2. The van der Waals surface area contributed by atoms with Crippen molar-refractivity contribution in [1.29, 1.82) is 0 Å². The molecule has 2 aromatic rings. The summed E-state index contributed by atoms with van der Waals surface area (Å²) in [6.07, 6.45) is 1.73. The highest BCUT2D eigenvalue weighted by Crippen LogP contribution is 2.08. The standard InChI is InChI=1S/C12H11BrN2O2/c1-17-11-6-2-4-9(14-11)8-15-7-3-5-10(13)12(15)16/h2-7H,8H2,1H3. The summed E-state index contributed by atoms with van der Waals surface area (Å²) in [5.74, 6) is 0.547.